The number of hydrogen-bond donors (Lipinski definition) is 1. The minimum absolute atomic E-state index is 0.0572. The lowest BCUT2D eigenvalue weighted by Gasteiger charge is -2.04. The first kappa shape index (κ1) is 10.9. The van der Waals surface area contributed by atoms with Crippen LogP contribution in [-0.4, -0.2) is 13.0 Å². The molecule has 0 fully saturated rings. The van der Waals surface area contributed by atoms with Crippen LogP contribution in [0.2, 0.25) is 0 Å². The van der Waals surface area contributed by atoms with Gasteiger partial charge in [-0.1, -0.05) is 12.6 Å². The standard InChI is InChI=1S/C11H12N2O2S/c1-8(16(12,14)15)9-3-4-11-10(7-9)5-6-13(11)2/h3-7H,1H2,2H3,(H2,12,14,15). The van der Waals surface area contributed by atoms with Crippen molar-refractivity contribution in [2.45, 2.75) is 0 Å². The molecule has 0 unspecified atom stereocenters. The van der Waals surface area contributed by atoms with Gasteiger partial charge in [-0.15, -0.1) is 0 Å². The summed E-state index contributed by atoms with van der Waals surface area (Å²) < 4.78 is 24.2. The van der Waals surface area contributed by atoms with Crippen molar-refractivity contribution in [3.8, 4) is 0 Å². The van der Waals surface area contributed by atoms with E-state index in [2.05, 4.69) is 6.58 Å². The van der Waals surface area contributed by atoms with Crippen LogP contribution < -0.4 is 5.14 Å². The molecule has 4 nitrogen and oxygen atoms in total. The van der Waals surface area contributed by atoms with Gasteiger partial charge in [0, 0.05) is 24.1 Å². The largest absolute Gasteiger partial charge is 0.351 e. The number of primary sulfonamides is 1. The Morgan fingerprint density at radius 3 is 2.69 bits per heavy atom. The molecule has 5 heteroatoms. The molecule has 0 bridgehead atoms. The van der Waals surface area contributed by atoms with E-state index in [1.807, 2.05) is 29.9 Å². The Kier molecular flexibility index (Phi) is 2.36. The smallest absolute Gasteiger partial charge is 0.238 e. The number of fused-ring (bicyclic) bond motifs is 1. The molecule has 2 N–H and O–H groups in total. The Hall–Kier alpha value is -1.59. The van der Waals surface area contributed by atoms with E-state index in [4.69, 9.17) is 5.14 Å². The monoisotopic (exact) mass is 236 g/mol. The highest BCUT2D eigenvalue weighted by Gasteiger charge is 2.12. The Labute approximate surface area is 94.0 Å². The number of nitrogens with two attached hydrogens (primary N) is 1. The van der Waals surface area contributed by atoms with Crippen molar-refractivity contribution < 1.29 is 8.42 Å². The summed E-state index contributed by atoms with van der Waals surface area (Å²) in [5.74, 6) is 0. The SMILES string of the molecule is C=C(c1ccc2c(ccn2C)c1)S(N)(=O)=O. The second-order valence-corrected chi connectivity index (χ2v) is 5.25. The van der Waals surface area contributed by atoms with Crippen molar-refractivity contribution in [2.75, 3.05) is 0 Å². The molecule has 1 aromatic heterocycles. The van der Waals surface area contributed by atoms with Crippen LogP contribution in [0.15, 0.2) is 37.0 Å². The lowest BCUT2D eigenvalue weighted by atomic mass is 10.1. The fourth-order valence-corrected chi connectivity index (χ4v) is 2.07. The average molecular weight is 236 g/mol. The van der Waals surface area contributed by atoms with E-state index < -0.39 is 10.0 Å². The van der Waals surface area contributed by atoms with Gasteiger partial charge in [0.2, 0.25) is 10.0 Å². The fraction of sp³-hybridized carbons (Fsp3) is 0.0909. The van der Waals surface area contributed by atoms with Crippen LogP contribution in [0.25, 0.3) is 15.8 Å². The molecule has 16 heavy (non-hydrogen) atoms. The lowest BCUT2D eigenvalue weighted by molar-refractivity contribution is 0.607. The summed E-state index contributed by atoms with van der Waals surface area (Å²) in [5, 5.41) is 5.99. The molecule has 84 valence electrons. The number of sulfonamides is 1. The van der Waals surface area contributed by atoms with Crippen molar-refractivity contribution in [1.29, 1.82) is 0 Å². The summed E-state index contributed by atoms with van der Waals surface area (Å²) in [6, 6.07) is 7.23. The van der Waals surface area contributed by atoms with Crippen molar-refractivity contribution in [3.63, 3.8) is 0 Å². The third-order valence-electron chi connectivity index (χ3n) is 2.55. The third-order valence-corrected chi connectivity index (χ3v) is 3.47. The molecule has 0 aliphatic carbocycles. The minimum Gasteiger partial charge on any atom is -0.351 e. The molecule has 0 spiro atoms. The Bertz CT molecular complexity index is 668. The zero-order valence-corrected chi connectivity index (χ0v) is 9.66. The number of aromatic nitrogens is 1. The zero-order valence-electron chi connectivity index (χ0n) is 8.84. The molecular formula is C11H12N2O2S. The number of rotatable bonds is 2. The molecule has 0 aliphatic rings. The molecule has 0 saturated heterocycles. The van der Waals surface area contributed by atoms with Gasteiger partial charge in [-0.3, -0.25) is 0 Å². The molecule has 0 aliphatic heterocycles. The van der Waals surface area contributed by atoms with Gasteiger partial charge >= 0.3 is 0 Å². The van der Waals surface area contributed by atoms with Gasteiger partial charge < -0.3 is 4.57 Å². The number of nitrogens with zero attached hydrogens (tertiary/aromatic N) is 1. The van der Waals surface area contributed by atoms with E-state index in [9.17, 15) is 8.42 Å². The summed E-state index contributed by atoms with van der Waals surface area (Å²) in [6.45, 7) is 3.49. The van der Waals surface area contributed by atoms with Crippen LogP contribution >= 0.6 is 0 Å². The quantitative estimate of drug-likeness (QED) is 0.857. The Morgan fingerprint density at radius 2 is 2.06 bits per heavy atom. The van der Waals surface area contributed by atoms with E-state index in [1.165, 1.54) is 0 Å². The Balaban J connectivity index is 2.60. The van der Waals surface area contributed by atoms with Gasteiger partial charge in [0.1, 0.15) is 0 Å². The van der Waals surface area contributed by atoms with Crippen molar-refractivity contribution >= 4 is 25.8 Å². The predicted octanol–water partition coefficient (Wildman–Crippen LogP) is 1.44. The van der Waals surface area contributed by atoms with Crippen LogP contribution in [0, 0.1) is 0 Å². The number of hydrogen-bond acceptors (Lipinski definition) is 2. The maximum atomic E-state index is 11.1. The highest BCUT2D eigenvalue weighted by molar-refractivity contribution is 7.98. The van der Waals surface area contributed by atoms with Crippen LogP contribution in [0.1, 0.15) is 5.56 Å². The van der Waals surface area contributed by atoms with Crippen molar-refractivity contribution in [3.05, 3.63) is 42.6 Å². The van der Waals surface area contributed by atoms with E-state index in [0.717, 1.165) is 10.9 Å². The Morgan fingerprint density at radius 1 is 1.38 bits per heavy atom. The van der Waals surface area contributed by atoms with Gasteiger partial charge in [0.05, 0.1) is 4.91 Å². The molecule has 1 aromatic carbocycles. The van der Waals surface area contributed by atoms with Crippen LogP contribution in [0.4, 0.5) is 0 Å². The highest BCUT2D eigenvalue weighted by Crippen LogP contribution is 2.22. The molecule has 0 saturated carbocycles. The summed E-state index contributed by atoms with van der Waals surface area (Å²) in [4.78, 5) is -0.0572. The third kappa shape index (κ3) is 1.75. The zero-order chi connectivity index (χ0) is 11.9. The summed E-state index contributed by atoms with van der Waals surface area (Å²) in [6.07, 6.45) is 1.91. The van der Waals surface area contributed by atoms with Crippen LogP contribution in [0.5, 0.6) is 0 Å². The fourth-order valence-electron chi connectivity index (χ4n) is 1.62. The summed E-state index contributed by atoms with van der Waals surface area (Å²) in [7, 11) is -1.79. The van der Waals surface area contributed by atoms with Gasteiger partial charge in [-0.2, -0.15) is 0 Å². The topological polar surface area (TPSA) is 65.1 Å². The lowest BCUT2D eigenvalue weighted by Crippen LogP contribution is -2.12. The summed E-state index contributed by atoms with van der Waals surface area (Å²) in [5.41, 5.74) is 1.56. The molecule has 2 rings (SSSR count). The van der Waals surface area contributed by atoms with E-state index in [1.54, 1.807) is 12.1 Å². The van der Waals surface area contributed by atoms with E-state index in [0.29, 0.717) is 5.56 Å². The van der Waals surface area contributed by atoms with Gasteiger partial charge in [0.15, 0.2) is 0 Å². The van der Waals surface area contributed by atoms with Crippen LogP contribution in [-0.2, 0) is 17.1 Å². The minimum atomic E-state index is -3.72. The normalized spacial score (nSPS) is 11.9. The second kappa shape index (κ2) is 3.47. The number of aryl methyl sites for hydroxylation is 1. The average Bonchev–Trinajstić information content (AvgIpc) is 2.57. The maximum Gasteiger partial charge on any atom is 0.238 e. The van der Waals surface area contributed by atoms with Gasteiger partial charge in [0.25, 0.3) is 0 Å². The van der Waals surface area contributed by atoms with Crippen LogP contribution in [0.3, 0.4) is 0 Å². The van der Waals surface area contributed by atoms with Crippen molar-refractivity contribution in [1.82, 2.24) is 4.57 Å². The first-order valence-electron chi connectivity index (χ1n) is 4.67. The molecule has 2 aromatic rings. The highest BCUT2D eigenvalue weighted by atomic mass is 32.2. The first-order valence-corrected chi connectivity index (χ1v) is 6.21. The van der Waals surface area contributed by atoms with Crippen molar-refractivity contribution in [2.24, 2.45) is 12.2 Å². The number of benzene rings is 1. The van der Waals surface area contributed by atoms with Gasteiger partial charge in [-0.25, -0.2) is 13.6 Å². The molecule has 0 amide bonds. The van der Waals surface area contributed by atoms with E-state index in [-0.39, 0.29) is 4.91 Å². The molecule has 0 radical (unpaired) electrons. The van der Waals surface area contributed by atoms with Gasteiger partial charge in [-0.05, 0) is 23.8 Å². The molecular weight excluding hydrogens is 224 g/mol. The predicted molar refractivity (Wildman–Crippen MR) is 65.1 cm³/mol. The molecule has 1 heterocycles. The van der Waals surface area contributed by atoms with E-state index >= 15 is 0 Å². The summed E-state index contributed by atoms with van der Waals surface area (Å²) >= 11 is 0. The second-order valence-electron chi connectivity index (χ2n) is 3.67. The maximum absolute atomic E-state index is 11.1. The first-order chi connectivity index (χ1) is 7.39. The molecule has 0 atom stereocenters.